The summed E-state index contributed by atoms with van der Waals surface area (Å²) < 4.78 is 13.9. The first-order valence-corrected chi connectivity index (χ1v) is 8.72. The van der Waals surface area contributed by atoms with Gasteiger partial charge in [0, 0.05) is 51.3 Å². The highest BCUT2D eigenvalue weighted by Crippen LogP contribution is 2.26. The zero-order valence-corrected chi connectivity index (χ0v) is 14.2. The number of carbonyl (C=O) groups excluding carboxylic acids is 2. The number of benzene rings is 1. The number of piperidine rings is 1. The molecular formula is C18H24FN3O3. The molecule has 2 fully saturated rings. The molecule has 2 N–H and O–H groups in total. The van der Waals surface area contributed by atoms with Crippen molar-refractivity contribution in [3.63, 3.8) is 0 Å². The third-order valence-corrected chi connectivity index (χ3v) is 4.91. The van der Waals surface area contributed by atoms with Crippen LogP contribution in [0.2, 0.25) is 0 Å². The molecule has 0 spiro atoms. The Morgan fingerprint density at radius 2 is 2.00 bits per heavy atom. The summed E-state index contributed by atoms with van der Waals surface area (Å²) in [6, 6.07) is 6.38. The van der Waals surface area contributed by atoms with Crippen LogP contribution in [0.4, 0.5) is 4.39 Å². The standard InChI is InChI=1S/C18H24FN3O3/c19-15-5-2-1-4-14(15)12-22-9-3-7-18(25,17(22)24)13-21-10-6-16(23)20-8-11-21/h1-2,4-5,25H,3,6-13H2,(H,20,23)/t18-/m1/s1. The molecule has 2 amide bonds. The second-order valence-electron chi connectivity index (χ2n) is 6.83. The lowest BCUT2D eigenvalue weighted by atomic mass is 9.90. The molecule has 7 heteroatoms. The zero-order valence-electron chi connectivity index (χ0n) is 14.2. The average Bonchev–Trinajstić information content (AvgIpc) is 2.78. The molecule has 136 valence electrons. The van der Waals surface area contributed by atoms with E-state index in [9.17, 15) is 19.1 Å². The van der Waals surface area contributed by atoms with E-state index >= 15 is 0 Å². The molecule has 2 aliphatic heterocycles. The van der Waals surface area contributed by atoms with Gasteiger partial charge in [0.2, 0.25) is 5.91 Å². The third-order valence-electron chi connectivity index (χ3n) is 4.91. The van der Waals surface area contributed by atoms with Crippen molar-refractivity contribution in [3.8, 4) is 0 Å². The maximum absolute atomic E-state index is 13.9. The van der Waals surface area contributed by atoms with E-state index in [2.05, 4.69) is 5.32 Å². The Balaban J connectivity index is 1.68. The van der Waals surface area contributed by atoms with E-state index in [0.717, 1.165) is 0 Å². The van der Waals surface area contributed by atoms with Crippen LogP contribution in [0.25, 0.3) is 0 Å². The highest BCUT2D eigenvalue weighted by molar-refractivity contribution is 5.86. The molecule has 2 heterocycles. The lowest BCUT2D eigenvalue weighted by Crippen LogP contribution is -2.58. The highest BCUT2D eigenvalue weighted by Gasteiger charge is 2.43. The number of aliphatic hydroxyl groups is 1. The first-order valence-electron chi connectivity index (χ1n) is 8.72. The van der Waals surface area contributed by atoms with Gasteiger partial charge in [-0.3, -0.25) is 14.5 Å². The molecule has 0 saturated carbocycles. The van der Waals surface area contributed by atoms with Crippen LogP contribution in [0.5, 0.6) is 0 Å². The lowest BCUT2D eigenvalue weighted by Gasteiger charge is -2.40. The number of β-amino-alcohol motifs (C(OH)–C–C–N with tert-alkyl or cyclic N) is 1. The number of amides is 2. The van der Waals surface area contributed by atoms with Crippen molar-refractivity contribution in [1.29, 1.82) is 0 Å². The number of hydrogen-bond donors (Lipinski definition) is 2. The fraction of sp³-hybridized carbons (Fsp3) is 0.556. The summed E-state index contributed by atoms with van der Waals surface area (Å²) in [6.07, 6.45) is 1.42. The molecule has 0 aliphatic carbocycles. The number of halogens is 1. The molecule has 25 heavy (non-hydrogen) atoms. The van der Waals surface area contributed by atoms with Crippen molar-refractivity contribution in [2.45, 2.75) is 31.4 Å². The van der Waals surface area contributed by atoms with Crippen LogP contribution in [0.3, 0.4) is 0 Å². The van der Waals surface area contributed by atoms with Gasteiger partial charge >= 0.3 is 0 Å². The Kier molecular flexibility index (Phi) is 5.34. The smallest absolute Gasteiger partial charge is 0.256 e. The van der Waals surface area contributed by atoms with Crippen molar-refractivity contribution >= 4 is 11.8 Å². The van der Waals surface area contributed by atoms with Crippen molar-refractivity contribution in [1.82, 2.24) is 15.1 Å². The maximum Gasteiger partial charge on any atom is 0.256 e. The van der Waals surface area contributed by atoms with Crippen molar-refractivity contribution in [2.75, 3.05) is 32.7 Å². The molecule has 2 aliphatic rings. The Morgan fingerprint density at radius 1 is 1.20 bits per heavy atom. The second-order valence-corrected chi connectivity index (χ2v) is 6.83. The Bertz CT molecular complexity index is 654. The van der Waals surface area contributed by atoms with E-state index in [1.807, 2.05) is 4.90 Å². The van der Waals surface area contributed by atoms with Crippen LogP contribution < -0.4 is 5.32 Å². The quantitative estimate of drug-likeness (QED) is 0.830. The summed E-state index contributed by atoms with van der Waals surface area (Å²) in [6.45, 7) is 2.52. The average molecular weight is 349 g/mol. The number of hydrogen-bond acceptors (Lipinski definition) is 4. The summed E-state index contributed by atoms with van der Waals surface area (Å²) in [7, 11) is 0. The van der Waals surface area contributed by atoms with E-state index in [-0.39, 0.29) is 30.7 Å². The molecule has 3 rings (SSSR count). The van der Waals surface area contributed by atoms with Crippen LogP contribution in [0, 0.1) is 5.82 Å². The van der Waals surface area contributed by atoms with Crippen LogP contribution in [-0.4, -0.2) is 65.0 Å². The zero-order chi connectivity index (χ0) is 17.9. The highest BCUT2D eigenvalue weighted by atomic mass is 19.1. The van der Waals surface area contributed by atoms with E-state index < -0.39 is 5.60 Å². The minimum Gasteiger partial charge on any atom is -0.379 e. The van der Waals surface area contributed by atoms with Gasteiger partial charge in [-0.1, -0.05) is 18.2 Å². The summed E-state index contributed by atoms with van der Waals surface area (Å²) in [5.41, 5.74) is -1.03. The summed E-state index contributed by atoms with van der Waals surface area (Å²) in [5, 5.41) is 13.7. The molecule has 0 bridgehead atoms. The predicted molar refractivity (Wildman–Crippen MR) is 90.1 cm³/mol. The number of rotatable bonds is 4. The number of carbonyl (C=O) groups is 2. The minimum atomic E-state index is -1.48. The topological polar surface area (TPSA) is 72.9 Å². The van der Waals surface area contributed by atoms with E-state index in [1.165, 1.54) is 11.0 Å². The summed E-state index contributed by atoms with van der Waals surface area (Å²) in [5.74, 6) is -0.710. The fourth-order valence-corrected chi connectivity index (χ4v) is 3.54. The third kappa shape index (κ3) is 4.16. The first kappa shape index (κ1) is 17.8. The summed E-state index contributed by atoms with van der Waals surface area (Å²) >= 11 is 0. The van der Waals surface area contributed by atoms with Gasteiger partial charge in [-0.25, -0.2) is 4.39 Å². The van der Waals surface area contributed by atoms with Crippen LogP contribution in [0.15, 0.2) is 24.3 Å². The van der Waals surface area contributed by atoms with Gasteiger partial charge in [-0.15, -0.1) is 0 Å². The van der Waals surface area contributed by atoms with Crippen molar-refractivity contribution in [2.24, 2.45) is 0 Å². The Hall–Kier alpha value is -1.99. The Labute approximate surface area is 146 Å². The molecule has 1 aromatic carbocycles. The molecule has 0 aromatic heterocycles. The number of likely N-dealkylation sites (tertiary alicyclic amines) is 1. The van der Waals surface area contributed by atoms with E-state index in [1.54, 1.807) is 18.2 Å². The van der Waals surface area contributed by atoms with Gasteiger partial charge in [0.25, 0.3) is 5.91 Å². The molecule has 0 unspecified atom stereocenters. The molecule has 2 saturated heterocycles. The molecule has 0 radical (unpaired) electrons. The first-order chi connectivity index (χ1) is 12.0. The molecule has 1 atom stereocenters. The maximum atomic E-state index is 13.9. The molecule has 6 nitrogen and oxygen atoms in total. The largest absolute Gasteiger partial charge is 0.379 e. The molecular weight excluding hydrogens is 325 g/mol. The second kappa shape index (κ2) is 7.49. The van der Waals surface area contributed by atoms with Gasteiger partial charge in [0.1, 0.15) is 5.82 Å². The van der Waals surface area contributed by atoms with Gasteiger partial charge < -0.3 is 15.3 Å². The van der Waals surface area contributed by atoms with Gasteiger partial charge in [0.05, 0.1) is 0 Å². The van der Waals surface area contributed by atoms with E-state index in [0.29, 0.717) is 51.0 Å². The normalized spacial score (nSPS) is 25.6. The van der Waals surface area contributed by atoms with Gasteiger partial charge in [-0.05, 0) is 18.9 Å². The summed E-state index contributed by atoms with van der Waals surface area (Å²) in [4.78, 5) is 27.8. The Morgan fingerprint density at radius 3 is 2.80 bits per heavy atom. The monoisotopic (exact) mass is 349 g/mol. The van der Waals surface area contributed by atoms with Crippen LogP contribution in [-0.2, 0) is 16.1 Å². The van der Waals surface area contributed by atoms with Crippen LogP contribution in [0.1, 0.15) is 24.8 Å². The van der Waals surface area contributed by atoms with Crippen molar-refractivity contribution < 1.29 is 19.1 Å². The number of nitrogens with one attached hydrogen (secondary N) is 1. The minimum absolute atomic E-state index is 0.00867. The lowest BCUT2D eigenvalue weighted by molar-refractivity contribution is -0.160. The van der Waals surface area contributed by atoms with E-state index in [4.69, 9.17) is 0 Å². The van der Waals surface area contributed by atoms with Crippen LogP contribution >= 0.6 is 0 Å². The van der Waals surface area contributed by atoms with Gasteiger partial charge in [0.15, 0.2) is 5.60 Å². The predicted octanol–water partition coefficient (Wildman–Crippen LogP) is 0.501. The number of nitrogens with zero attached hydrogens (tertiary/aromatic N) is 2. The SMILES string of the molecule is O=C1CCN(C[C@]2(O)CCCN(Cc3ccccc3F)C2=O)CCN1. The van der Waals surface area contributed by atoms with Crippen molar-refractivity contribution in [3.05, 3.63) is 35.6 Å². The van der Waals surface area contributed by atoms with Gasteiger partial charge in [-0.2, -0.15) is 0 Å². The molecule has 1 aromatic rings. The fourth-order valence-electron chi connectivity index (χ4n) is 3.54.